The molecule has 6 heterocycles. The van der Waals surface area contributed by atoms with Crippen LogP contribution in [0, 0.1) is 0 Å². The van der Waals surface area contributed by atoms with E-state index in [0.29, 0.717) is 26.2 Å². The predicted molar refractivity (Wildman–Crippen MR) is 151 cm³/mol. The zero-order valence-corrected chi connectivity index (χ0v) is 24.2. The molecule has 0 amide bonds. The Bertz CT molecular complexity index is 1530. The lowest BCUT2D eigenvalue weighted by molar-refractivity contribution is -0.139. The summed E-state index contributed by atoms with van der Waals surface area (Å²) in [7, 11) is 0. The monoisotopic (exact) mass is 629 g/mol. The summed E-state index contributed by atoms with van der Waals surface area (Å²) in [5.41, 5.74) is -0.0621. The number of alkyl halides is 6. The number of piperazine rings is 1. The molecule has 9 nitrogen and oxygen atoms in total. The standard InChI is InChI=1S/C27H30ClF6N9/c1-3-41(4-2)15-11-43(12-15)25-39-21-16(24(40-25)42-9-13-5-6-14(10-42)37-13)8-36-22(20(21)27(32,33)34)23-19(26(29,30)31)17(28)7-18(35)38-23/h7-8,13-15,37H,3-6,9-12H2,1-2H3,(H2,35,38). The lowest BCUT2D eigenvalue weighted by Gasteiger charge is -2.45. The van der Waals surface area contributed by atoms with Crippen molar-refractivity contribution in [2.45, 2.75) is 57.2 Å². The van der Waals surface area contributed by atoms with Gasteiger partial charge in [-0.2, -0.15) is 31.3 Å². The van der Waals surface area contributed by atoms with Crippen molar-refractivity contribution in [3.05, 3.63) is 28.4 Å². The number of anilines is 3. The quantitative estimate of drug-likeness (QED) is 0.372. The third-order valence-electron chi connectivity index (χ3n) is 8.48. The minimum atomic E-state index is -5.16. The number of likely N-dealkylation sites (N-methyl/N-ethyl adjacent to an activating group) is 1. The van der Waals surface area contributed by atoms with Crippen LogP contribution in [-0.2, 0) is 12.4 Å². The lowest BCUT2D eigenvalue weighted by atomic mass is 10.0. The molecule has 3 aromatic heterocycles. The number of hydrogen-bond donors (Lipinski definition) is 2. The highest BCUT2D eigenvalue weighted by atomic mass is 35.5. The molecular weight excluding hydrogens is 600 g/mol. The molecular formula is C27H30ClF6N9. The summed E-state index contributed by atoms with van der Waals surface area (Å²) in [5.74, 6) is -0.135. The van der Waals surface area contributed by atoms with E-state index in [4.69, 9.17) is 22.3 Å². The van der Waals surface area contributed by atoms with E-state index in [2.05, 4.69) is 25.2 Å². The van der Waals surface area contributed by atoms with Crippen LogP contribution in [0.3, 0.4) is 0 Å². The van der Waals surface area contributed by atoms with Gasteiger partial charge in [0.15, 0.2) is 0 Å². The molecule has 0 radical (unpaired) electrons. The summed E-state index contributed by atoms with van der Waals surface area (Å²) in [4.78, 5) is 22.7. The highest BCUT2D eigenvalue weighted by molar-refractivity contribution is 6.32. The highest BCUT2D eigenvalue weighted by Gasteiger charge is 2.45. The van der Waals surface area contributed by atoms with Crippen LogP contribution in [0.15, 0.2) is 12.3 Å². The smallest absolute Gasteiger partial charge is 0.384 e. The van der Waals surface area contributed by atoms with Crippen molar-refractivity contribution in [3.8, 4) is 11.4 Å². The summed E-state index contributed by atoms with van der Waals surface area (Å²) >= 11 is 5.87. The number of hydrogen-bond acceptors (Lipinski definition) is 9. The van der Waals surface area contributed by atoms with Crippen LogP contribution < -0.4 is 20.9 Å². The summed E-state index contributed by atoms with van der Waals surface area (Å²) in [5, 5.41) is 2.60. The molecule has 3 fully saturated rings. The Morgan fingerprint density at radius 1 is 0.907 bits per heavy atom. The summed E-state index contributed by atoms with van der Waals surface area (Å²) in [6.07, 6.45) is -7.35. The van der Waals surface area contributed by atoms with E-state index in [-0.39, 0.29) is 35.3 Å². The molecule has 232 valence electrons. The number of aromatic nitrogens is 4. The Morgan fingerprint density at radius 3 is 2.12 bits per heavy atom. The Kier molecular flexibility index (Phi) is 7.48. The topological polar surface area (TPSA) is 99.3 Å². The molecule has 0 aliphatic carbocycles. The second-order valence-corrected chi connectivity index (χ2v) is 11.6. The number of nitrogens with two attached hydrogens (primary N) is 1. The number of halogens is 7. The average Bonchev–Trinajstić information content (AvgIpc) is 3.24. The van der Waals surface area contributed by atoms with Crippen LogP contribution in [0.2, 0.25) is 5.02 Å². The van der Waals surface area contributed by atoms with Gasteiger partial charge in [-0.1, -0.05) is 25.4 Å². The van der Waals surface area contributed by atoms with Gasteiger partial charge in [-0.25, -0.2) is 9.97 Å². The fraction of sp³-hybridized carbons (Fsp3) is 0.556. The van der Waals surface area contributed by atoms with Gasteiger partial charge < -0.3 is 20.9 Å². The number of nitrogen functional groups attached to an aromatic ring is 1. The van der Waals surface area contributed by atoms with Crippen LogP contribution in [0.25, 0.3) is 22.3 Å². The van der Waals surface area contributed by atoms with Crippen molar-refractivity contribution in [2.75, 3.05) is 54.8 Å². The fourth-order valence-corrected chi connectivity index (χ4v) is 6.73. The second-order valence-electron chi connectivity index (χ2n) is 11.2. The van der Waals surface area contributed by atoms with Gasteiger partial charge in [-0.15, -0.1) is 0 Å². The minimum absolute atomic E-state index is 0.00880. The summed E-state index contributed by atoms with van der Waals surface area (Å²) < 4.78 is 87.3. The van der Waals surface area contributed by atoms with E-state index in [0.717, 1.165) is 38.2 Å². The van der Waals surface area contributed by atoms with Crippen molar-refractivity contribution in [1.29, 1.82) is 0 Å². The molecule has 3 saturated heterocycles. The zero-order valence-electron chi connectivity index (χ0n) is 23.4. The molecule has 3 aliphatic heterocycles. The van der Waals surface area contributed by atoms with Crippen LogP contribution in [0.1, 0.15) is 37.8 Å². The molecule has 0 spiro atoms. The molecule has 2 unspecified atom stereocenters. The van der Waals surface area contributed by atoms with Gasteiger partial charge in [-0.05, 0) is 32.0 Å². The largest absolute Gasteiger partial charge is 0.420 e. The third-order valence-corrected chi connectivity index (χ3v) is 8.78. The molecule has 43 heavy (non-hydrogen) atoms. The normalized spacial score (nSPS) is 21.3. The van der Waals surface area contributed by atoms with Gasteiger partial charge in [0.1, 0.15) is 34.2 Å². The molecule has 6 rings (SSSR count). The van der Waals surface area contributed by atoms with E-state index < -0.39 is 51.2 Å². The van der Waals surface area contributed by atoms with Crippen molar-refractivity contribution < 1.29 is 26.3 Å². The van der Waals surface area contributed by atoms with Gasteiger partial charge in [0.25, 0.3) is 0 Å². The molecule has 16 heteroatoms. The van der Waals surface area contributed by atoms with E-state index in [1.807, 2.05) is 18.7 Å². The highest BCUT2D eigenvalue weighted by Crippen LogP contribution is 2.47. The molecule has 2 atom stereocenters. The van der Waals surface area contributed by atoms with Crippen molar-refractivity contribution in [3.63, 3.8) is 0 Å². The van der Waals surface area contributed by atoms with Gasteiger partial charge in [0, 0.05) is 50.5 Å². The number of nitrogens with one attached hydrogen (secondary N) is 1. The predicted octanol–water partition coefficient (Wildman–Crippen LogP) is 4.83. The first-order valence-corrected chi connectivity index (χ1v) is 14.5. The van der Waals surface area contributed by atoms with Gasteiger partial charge in [-0.3, -0.25) is 9.88 Å². The minimum Gasteiger partial charge on any atom is -0.384 e. The van der Waals surface area contributed by atoms with E-state index in [9.17, 15) is 26.3 Å². The molecule has 3 aromatic rings. The molecule has 3 N–H and O–H groups in total. The van der Waals surface area contributed by atoms with Gasteiger partial charge in [0.05, 0.1) is 15.9 Å². The van der Waals surface area contributed by atoms with Gasteiger partial charge >= 0.3 is 12.4 Å². The molecule has 3 aliphatic rings. The van der Waals surface area contributed by atoms with Crippen molar-refractivity contribution >= 4 is 40.1 Å². The van der Waals surface area contributed by atoms with Crippen LogP contribution in [0.4, 0.5) is 43.9 Å². The lowest BCUT2D eigenvalue weighted by Crippen LogP contribution is -2.60. The van der Waals surface area contributed by atoms with Gasteiger partial charge in [0.2, 0.25) is 5.95 Å². The Balaban J connectivity index is 1.58. The third kappa shape index (κ3) is 5.39. The number of nitrogens with zero attached hydrogens (tertiary/aromatic N) is 7. The Labute approximate surface area is 248 Å². The SMILES string of the molecule is CCN(CC)C1CN(c2nc(N3CC4CCC(C3)N4)c3cnc(-c4nc(N)cc(Cl)c4C(F)(F)F)c(C(F)(F)F)c3n2)C1. The first-order chi connectivity index (χ1) is 20.3. The fourth-order valence-electron chi connectivity index (χ4n) is 6.42. The van der Waals surface area contributed by atoms with Crippen LogP contribution >= 0.6 is 11.6 Å². The van der Waals surface area contributed by atoms with Crippen molar-refractivity contribution in [1.82, 2.24) is 30.2 Å². The second kappa shape index (κ2) is 10.8. The van der Waals surface area contributed by atoms with Crippen molar-refractivity contribution in [2.24, 2.45) is 0 Å². The maximum atomic E-state index is 15.0. The maximum absolute atomic E-state index is 15.0. The molecule has 0 saturated carbocycles. The molecule has 2 bridgehead atoms. The first kappa shape index (κ1) is 29.9. The number of fused-ring (bicyclic) bond motifs is 3. The first-order valence-electron chi connectivity index (χ1n) is 14.1. The summed E-state index contributed by atoms with van der Waals surface area (Å²) in [6, 6.07) is 1.21. The maximum Gasteiger partial charge on any atom is 0.420 e. The summed E-state index contributed by atoms with van der Waals surface area (Å²) in [6.45, 7) is 7.72. The van der Waals surface area contributed by atoms with E-state index in [1.54, 1.807) is 4.90 Å². The number of pyridine rings is 2. The average molecular weight is 630 g/mol. The Morgan fingerprint density at radius 2 is 1.53 bits per heavy atom. The zero-order chi connectivity index (χ0) is 30.8. The Hall–Kier alpha value is -3.17. The van der Waals surface area contributed by atoms with E-state index >= 15 is 0 Å². The van der Waals surface area contributed by atoms with E-state index in [1.165, 1.54) is 0 Å². The number of rotatable bonds is 6. The van der Waals surface area contributed by atoms with Crippen LogP contribution in [-0.4, -0.2) is 82.2 Å². The molecule has 0 aromatic carbocycles. The van der Waals surface area contributed by atoms with Crippen LogP contribution in [0.5, 0.6) is 0 Å².